The molecule has 0 aliphatic carbocycles. The van der Waals surface area contributed by atoms with Crippen LogP contribution in [0.3, 0.4) is 0 Å². The van der Waals surface area contributed by atoms with Crippen LogP contribution in [-0.2, 0) is 27.8 Å². The standard InChI is InChI=1S/C27H29F3N2O4S/c1-25(2,3)19-11-9-18(10-12-19)15-26(4,17-32-24(34)21-7-5-6-8-22(21)33)37(35,36)20-13-14-23(31-16-20)27(28,29)30/h5-14,16,33H,15,17H2,1-4H3,(H,32,34). The van der Waals surface area contributed by atoms with Crippen LogP contribution in [0.4, 0.5) is 13.2 Å². The quantitative estimate of drug-likeness (QED) is 0.428. The molecule has 1 atom stereocenters. The van der Waals surface area contributed by atoms with Gasteiger partial charge in [0.15, 0.2) is 9.84 Å². The van der Waals surface area contributed by atoms with E-state index in [9.17, 15) is 31.5 Å². The Morgan fingerprint density at radius 1 is 0.946 bits per heavy atom. The normalized spacial score (nSPS) is 14.1. The minimum atomic E-state index is -4.72. The molecule has 0 aliphatic rings. The molecule has 1 aromatic heterocycles. The lowest BCUT2D eigenvalue weighted by atomic mass is 9.86. The molecular weight excluding hydrogens is 505 g/mol. The lowest BCUT2D eigenvalue weighted by Crippen LogP contribution is -2.48. The van der Waals surface area contributed by atoms with Crippen molar-refractivity contribution in [3.63, 3.8) is 0 Å². The second-order valence-corrected chi connectivity index (χ2v) is 12.6. The summed E-state index contributed by atoms with van der Waals surface area (Å²) in [6, 6.07) is 14.7. The van der Waals surface area contributed by atoms with E-state index in [1.54, 1.807) is 24.3 Å². The summed E-state index contributed by atoms with van der Waals surface area (Å²) in [5.74, 6) is -0.956. The lowest BCUT2D eigenvalue weighted by Gasteiger charge is -2.30. The minimum absolute atomic E-state index is 0.0343. The number of amides is 1. The zero-order chi connectivity index (χ0) is 27.6. The number of phenolic OH excluding ortho intramolecular Hbond substituents is 1. The van der Waals surface area contributed by atoms with Gasteiger partial charge >= 0.3 is 6.18 Å². The molecule has 2 aromatic carbocycles. The highest BCUT2D eigenvalue weighted by Crippen LogP contribution is 2.33. The average molecular weight is 535 g/mol. The van der Waals surface area contributed by atoms with Gasteiger partial charge in [0.1, 0.15) is 11.4 Å². The topological polar surface area (TPSA) is 96.4 Å². The third-order valence-corrected chi connectivity index (χ3v) is 8.60. The highest BCUT2D eigenvalue weighted by molar-refractivity contribution is 7.92. The first-order valence-corrected chi connectivity index (χ1v) is 13.0. The van der Waals surface area contributed by atoms with Crippen molar-refractivity contribution in [3.8, 4) is 5.75 Å². The molecule has 0 bridgehead atoms. The first kappa shape index (κ1) is 28.2. The van der Waals surface area contributed by atoms with E-state index in [2.05, 4.69) is 10.3 Å². The van der Waals surface area contributed by atoms with Crippen molar-refractivity contribution < 1.29 is 31.5 Å². The molecule has 6 nitrogen and oxygen atoms in total. The van der Waals surface area contributed by atoms with Crippen LogP contribution >= 0.6 is 0 Å². The fourth-order valence-corrected chi connectivity index (χ4v) is 5.45. The average Bonchev–Trinajstić information content (AvgIpc) is 2.82. The number of carbonyl (C=O) groups is 1. The summed E-state index contributed by atoms with van der Waals surface area (Å²) < 4.78 is 64.8. The number of hydrogen-bond donors (Lipinski definition) is 2. The van der Waals surface area contributed by atoms with Crippen LogP contribution in [0.2, 0.25) is 0 Å². The molecule has 1 amide bonds. The zero-order valence-corrected chi connectivity index (χ0v) is 21.7. The van der Waals surface area contributed by atoms with E-state index < -0.39 is 37.3 Å². The number of para-hydroxylation sites is 1. The molecule has 1 heterocycles. The summed E-state index contributed by atoms with van der Waals surface area (Å²) in [6.45, 7) is 7.18. The minimum Gasteiger partial charge on any atom is -0.507 e. The monoisotopic (exact) mass is 534 g/mol. The molecule has 37 heavy (non-hydrogen) atoms. The van der Waals surface area contributed by atoms with Gasteiger partial charge in [-0.05, 0) is 54.2 Å². The van der Waals surface area contributed by atoms with Crippen LogP contribution < -0.4 is 5.32 Å². The van der Waals surface area contributed by atoms with E-state index in [4.69, 9.17) is 0 Å². The van der Waals surface area contributed by atoms with Gasteiger partial charge in [-0.3, -0.25) is 9.78 Å². The van der Waals surface area contributed by atoms with Crippen molar-refractivity contribution >= 4 is 15.7 Å². The van der Waals surface area contributed by atoms with Gasteiger partial charge in [0.05, 0.1) is 15.2 Å². The number of sulfone groups is 1. The molecule has 0 saturated heterocycles. The predicted octanol–water partition coefficient (Wildman–Crippen LogP) is 5.31. The number of pyridine rings is 1. The summed E-state index contributed by atoms with van der Waals surface area (Å²) in [5.41, 5.74) is 0.342. The molecular formula is C27H29F3N2O4S. The Bertz CT molecular complexity index is 1360. The second kappa shape index (κ2) is 10.2. The summed E-state index contributed by atoms with van der Waals surface area (Å²) >= 11 is 0. The first-order valence-electron chi connectivity index (χ1n) is 11.5. The number of aromatic nitrogens is 1. The van der Waals surface area contributed by atoms with Gasteiger partial charge in [0.2, 0.25) is 0 Å². The van der Waals surface area contributed by atoms with E-state index in [-0.39, 0.29) is 29.7 Å². The van der Waals surface area contributed by atoms with Crippen LogP contribution in [0.25, 0.3) is 0 Å². The molecule has 10 heteroatoms. The number of hydrogen-bond acceptors (Lipinski definition) is 5. The molecule has 3 rings (SSSR count). The molecule has 0 saturated carbocycles. The molecule has 3 aromatic rings. The number of benzene rings is 2. The van der Waals surface area contributed by atoms with Crippen molar-refractivity contribution in [1.82, 2.24) is 10.3 Å². The van der Waals surface area contributed by atoms with E-state index >= 15 is 0 Å². The fraction of sp³-hybridized carbons (Fsp3) is 0.333. The molecule has 0 radical (unpaired) electrons. The number of nitrogens with zero attached hydrogens (tertiary/aromatic N) is 1. The number of phenols is 1. The largest absolute Gasteiger partial charge is 0.507 e. The van der Waals surface area contributed by atoms with E-state index in [0.717, 1.165) is 11.6 Å². The Labute approximate surface area is 214 Å². The van der Waals surface area contributed by atoms with Gasteiger partial charge in [-0.1, -0.05) is 57.2 Å². The third-order valence-electron chi connectivity index (χ3n) is 6.16. The van der Waals surface area contributed by atoms with Crippen LogP contribution in [0.1, 0.15) is 54.9 Å². The predicted molar refractivity (Wildman–Crippen MR) is 134 cm³/mol. The number of nitrogens with one attached hydrogen (secondary N) is 1. The maximum absolute atomic E-state index is 13.7. The van der Waals surface area contributed by atoms with Gasteiger partial charge in [-0.15, -0.1) is 0 Å². The number of halogens is 3. The SMILES string of the molecule is CC(C)(C)c1ccc(CC(C)(CNC(=O)c2ccccc2O)S(=O)(=O)c2ccc(C(F)(F)F)nc2)cc1. The molecule has 2 N–H and O–H groups in total. The highest BCUT2D eigenvalue weighted by atomic mass is 32.2. The Kier molecular flexibility index (Phi) is 7.74. The maximum atomic E-state index is 13.7. The van der Waals surface area contributed by atoms with E-state index in [1.807, 2.05) is 32.9 Å². The third kappa shape index (κ3) is 6.30. The molecule has 198 valence electrons. The van der Waals surface area contributed by atoms with Gasteiger partial charge in [0.25, 0.3) is 5.91 Å². The molecule has 0 aliphatic heterocycles. The number of alkyl halides is 3. The fourth-order valence-electron chi connectivity index (χ4n) is 3.83. The maximum Gasteiger partial charge on any atom is 0.433 e. The van der Waals surface area contributed by atoms with Gasteiger partial charge in [0, 0.05) is 12.7 Å². The zero-order valence-electron chi connectivity index (χ0n) is 20.9. The van der Waals surface area contributed by atoms with E-state index in [1.165, 1.54) is 19.1 Å². The van der Waals surface area contributed by atoms with Crippen molar-refractivity contribution in [2.75, 3.05) is 6.54 Å². The van der Waals surface area contributed by atoms with Crippen molar-refractivity contribution in [1.29, 1.82) is 0 Å². The lowest BCUT2D eigenvalue weighted by molar-refractivity contribution is -0.141. The summed E-state index contributed by atoms with van der Waals surface area (Å²) in [7, 11) is -4.29. The van der Waals surface area contributed by atoms with Crippen LogP contribution in [0, 0.1) is 0 Å². The van der Waals surface area contributed by atoms with Gasteiger partial charge in [-0.2, -0.15) is 13.2 Å². The highest BCUT2D eigenvalue weighted by Gasteiger charge is 2.42. The number of rotatable bonds is 7. The Morgan fingerprint density at radius 2 is 1.57 bits per heavy atom. The number of carbonyl (C=O) groups excluding carboxylic acids is 1. The number of aromatic hydroxyl groups is 1. The van der Waals surface area contributed by atoms with Gasteiger partial charge < -0.3 is 10.4 Å². The summed E-state index contributed by atoms with van der Waals surface area (Å²) in [6.07, 6.45) is -4.07. The van der Waals surface area contributed by atoms with Gasteiger partial charge in [-0.25, -0.2) is 8.42 Å². The Hall–Kier alpha value is -3.40. The Balaban J connectivity index is 1.98. The van der Waals surface area contributed by atoms with Crippen LogP contribution in [0.5, 0.6) is 5.75 Å². The van der Waals surface area contributed by atoms with Crippen LogP contribution in [0.15, 0.2) is 71.8 Å². The smallest absolute Gasteiger partial charge is 0.433 e. The van der Waals surface area contributed by atoms with Crippen LogP contribution in [-0.4, -0.2) is 35.7 Å². The molecule has 1 unspecified atom stereocenters. The molecule has 0 spiro atoms. The summed E-state index contributed by atoms with van der Waals surface area (Å²) in [5, 5.41) is 12.6. The Morgan fingerprint density at radius 3 is 2.08 bits per heavy atom. The van der Waals surface area contributed by atoms with Crippen molar-refractivity contribution in [2.45, 2.75) is 55.3 Å². The van der Waals surface area contributed by atoms with Crippen molar-refractivity contribution in [3.05, 3.63) is 89.2 Å². The molecule has 0 fully saturated rings. The first-order chi connectivity index (χ1) is 17.0. The van der Waals surface area contributed by atoms with E-state index in [0.29, 0.717) is 17.8 Å². The second-order valence-electron chi connectivity index (χ2n) is 10.2. The summed E-state index contributed by atoms with van der Waals surface area (Å²) in [4.78, 5) is 15.6. The van der Waals surface area contributed by atoms with Crippen molar-refractivity contribution in [2.24, 2.45) is 0 Å².